The molecule has 104 valence electrons. The molecule has 2 amide bonds. The molecule has 1 aliphatic heterocycles. The number of carbonyl (C=O) groups is 2. The third-order valence-corrected chi connectivity index (χ3v) is 3.34. The van der Waals surface area contributed by atoms with Crippen LogP contribution in [0.15, 0.2) is 24.3 Å². The predicted molar refractivity (Wildman–Crippen MR) is 72.2 cm³/mol. The highest BCUT2D eigenvalue weighted by molar-refractivity contribution is 5.91. The van der Waals surface area contributed by atoms with Gasteiger partial charge in [0.25, 0.3) is 0 Å². The number of hydrogen-bond donors (Lipinski definition) is 2. The number of amides is 2. The Morgan fingerprint density at radius 1 is 1.45 bits per heavy atom. The number of benzene rings is 1. The van der Waals surface area contributed by atoms with Crippen molar-refractivity contribution in [2.24, 2.45) is 0 Å². The van der Waals surface area contributed by atoms with Crippen molar-refractivity contribution in [3.05, 3.63) is 29.8 Å². The molecule has 0 aliphatic carbocycles. The molecular weight excluding hydrogens is 258 g/mol. The van der Waals surface area contributed by atoms with Gasteiger partial charge >= 0.3 is 12.0 Å². The highest BCUT2D eigenvalue weighted by Crippen LogP contribution is 2.22. The minimum atomic E-state index is -0.910. The fraction of sp³-hybridized carbons (Fsp3) is 0.357. The molecule has 6 nitrogen and oxygen atoms in total. The van der Waals surface area contributed by atoms with E-state index in [9.17, 15) is 9.59 Å². The maximum atomic E-state index is 12.2. The maximum absolute atomic E-state index is 12.2. The predicted octanol–water partition coefficient (Wildman–Crippen LogP) is 2.03. The number of likely N-dealkylation sites (tertiary alicyclic amines) is 1. The Balaban J connectivity index is 2.08. The summed E-state index contributed by atoms with van der Waals surface area (Å²) in [5.74, 6) is -0.910. The Kier molecular flexibility index (Phi) is 4.20. The molecule has 0 bridgehead atoms. The van der Waals surface area contributed by atoms with E-state index in [-0.39, 0.29) is 18.5 Å². The molecule has 1 aliphatic rings. The minimum absolute atomic E-state index is 0.0483. The number of carboxylic acid groups (broad SMARTS) is 1. The Labute approximate surface area is 116 Å². The molecule has 1 unspecified atom stereocenters. The number of carboxylic acids is 1. The van der Waals surface area contributed by atoms with E-state index >= 15 is 0 Å². The molecule has 6 heteroatoms. The average Bonchev–Trinajstić information content (AvgIpc) is 2.86. The zero-order chi connectivity index (χ0) is 14.5. The lowest BCUT2D eigenvalue weighted by molar-refractivity contribution is -0.137. The number of aliphatic carboxylic acids is 1. The SMILES string of the molecule is N#Cc1ccccc1NC(=O)N1CCCC1CC(=O)O. The lowest BCUT2D eigenvalue weighted by atomic mass is 10.1. The molecule has 1 aromatic rings. The van der Waals surface area contributed by atoms with Gasteiger partial charge in [-0.25, -0.2) is 4.79 Å². The second kappa shape index (κ2) is 6.06. The number of para-hydroxylation sites is 1. The van der Waals surface area contributed by atoms with Crippen molar-refractivity contribution < 1.29 is 14.7 Å². The minimum Gasteiger partial charge on any atom is -0.481 e. The van der Waals surface area contributed by atoms with E-state index in [0.29, 0.717) is 24.2 Å². The molecule has 1 aromatic carbocycles. The van der Waals surface area contributed by atoms with Gasteiger partial charge in [-0.3, -0.25) is 4.79 Å². The molecule has 1 heterocycles. The largest absolute Gasteiger partial charge is 0.481 e. The molecule has 1 atom stereocenters. The standard InChI is InChI=1S/C14H15N3O3/c15-9-10-4-1-2-6-12(10)16-14(20)17-7-3-5-11(17)8-13(18)19/h1-2,4,6,11H,3,5,7-8H2,(H,16,20)(H,18,19). The van der Waals surface area contributed by atoms with Crippen LogP contribution in [0.2, 0.25) is 0 Å². The fourth-order valence-corrected chi connectivity index (χ4v) is 2.39. The molecule has 2 N–H and O–H groups in total. The molecule has 0 radical (unpaired) electrons. The summed E-state index contributed by atoms with van der Waals surface area (Å²) in [5, 5.41) is 20.5. The molecule has 0 spiro atoms. The first-order chi connectivity index (χ1) is 9.61. The van der Waals surface area contributed by atoms with Gasteiger partial charge < -0.3 is 15.3 Å². The number of hydrogen-bond acceptors (Lipinski definition) is 3. The van der Waals surface area contributed by atoms with Crippen LogP contribution in [0.3, 0.4) is 0 Å². The number of nitriles is 1. The van der Waals surface area contributed by atoms with Crippen LogP contribution in [-0.2, 0) is 4.79 Å². The Morgan fingerprint density at radius 3 is 2.90 bits per heavy atom. The third-order valence-electron chi connectivity index (χ3n) is 3.34. The van der Waals surface area contributed by atoms with Crippen LogP contribution in [0, 0.1) is 11.3 Å². The summed E-state index contributed by atoms with van der Waals surface area (Å²) in [4.78, 5) is 24.5. The smallest absolute Gasteiger partial charge is 0.322 e. The normalized spacial score (nSPS) is 17.6. The van der Waals surface area contributed by atoms with Gasteiger partial charge in [0.1, 0.15) is 6.07 Å². The van der Waals surface area contributed by atoms with Gasteiger partial charge in [0.2, 0.25) is 0 Å². The first-order valence-corrected chi connectivity index (χ1v) is 6.40. The van der Waals surface area contributed by atoms with Gasteiger partial charge in [-0.2, -0.15) is 5.26 Å². The monoisotopic (exact) mass is 273 g/mol. The zero-order valence-electron chi connectivity index (χ0n) is 10.9. The van der Waals surface area contributed by atoms with Crippen LogP contribution in [0.25, 0.3) is 0 Å². The highest BCUT2D eigenvalue weighted by atomic mass is 16.4. The summed E-state index contributed by atoms with van der Waals surface area (Å²) >= 11 is 0. The molecule has 20 heavy (non-hydrogen) atoms. The van der Waals surface area contributed by atoms with Crippen LogP contribution in [0.4, 0.5) is 10.5 Å². The summed E-state index contributed by atoms with van der Waals surface area (Å²) in [5.41, 5.74) is 0.829. The van der Waals surface area contributed by atoms with Gasteiger partial charge in [0.15, 0.2) is 0 Å². The van der Waals surface area contributed by atoms with E-state index in [2.05, 4.69) is 5.32 Å². The summed E-state index contributed by atoms with van der Waals surface area (Å²) in [7, 11) is 0. The van der Waals surface area contributed by atoms with E-state index in [1.165, 1.54) is 4.90 Å². The van der Waals surface area contributed by atoms with Crippen LogP contribution in [-0.4, -0.2) is 34.6 Å². The van der Waals surface area contributed by atoms with E-state index in [0.717, 1.165) is 6.42 Å². The van der Waals surface area contributed by atoms with Gasteiger partial charge in [0.05, 0.1) is 17.7 Å². The lowest BCUT2D eigenvalue weighted by Crippen LogP contribution is -2.39. The number of rotatable bonds is 3. The quantitative estimate of drug-likeness (QED) is 0.881. The van der Waals surface area contributed by atoms with Crippen LogP contribution >= 0.6 is 0 Å². The van der Waals surface area contributed by atoms with E-state index < -0.39 is 5.97 Å². The van der Waals surface area contributed by atoms with Gasteiger partial charge in [-0.15, -0.1) is 0 Å². The Bertz CT molecular complexity index is 565. The van der Waals surface area contributed by atoms with Crippen molar-refractivity contribution >= 4 is 17.7 Å². The molecule has 1 fully saturated rings. The first kappa shape index (κ1) is 13.9. The van der Waals surface area contributed by atoms with Crippen LogP contribution < -0.4 is 5.32 Å². The highest BCUT2D eigenvalue weighted by Gasteiger charge is 2.30. The topological polar surface area (TPSA) is 93.4 Å². The Morgan fingerprint density at radius 2 is 2.20 bits per heavy atom. The van der Waals surface area contributed by atoms with Gasteiger partial charge in [-0.1, -0.05) is 12.1 Å². The van der Waals surface area contributed by atoms with Crippen molar-refractivity contribution in [3.63, 3.8) is 0 Å². The maximum Gasteiger partial charge on any atom is 0.322 e. The molecule has 1 saturated heterocycles. The number of anilines is 1. The zero-order valence-corrected chi connectivity index (χ0v) is 10.9. The van der Waals surface area contributed by atoms with Gasteiger partial charge in [-0.05, 0) is 25.0 Å². The number of nitrogens with one attached hydrogen (secondary N) is 1. The van der Waals surface area contributed by atoms with Crippen molar-refractivity contribution in [1.29, 1.82) is 5.26 Å². The lowest BCUT2D eigenvalue weighted by Gasteiger charge is -2.24. The Hall–Kier alpha value is -2.55. The summed E-state index contributed by atoms with van der Waals surface area (Å²) in [6, 6.07) is 8.10. The number of carbonyl (C=O) groups excluding carboxylic acids is 1. The first-order valence-electron chi connectivity index (χ1n) is 6.40. The number of nitrogens with zero attached hydrogens (tertiary/aromatic N) is 2. The second-order valence-electron chi connectivity index (χ2n) is 4.67. The van der Waals surface area contributed by atoms with Crippen molar-refractivity contribution in [2.45, 2.75) is 25.3 Å². The fourth-order valence-electron chi connectivity index (χ4n) is 2.39. The van der Waals surface area contributed by atoms with Crippen molar-refractivity contribution in [3.8, 4) is 6.07 Å². The summed E-state index contributed by atoms with van der Waals surface area (Å²) in [6.45, 7) is 0.540. The summed E-state index contributed by atoms with van der Waals surface area (Å²) in [6.07, 6.45) is 1.44. The van der Waals surface area contributed by atoms with Crippen molar-refractivity contribution in [1.82, 2.24) is 4.90 Å². The van der Waals surface area contributed by atoms with E-state index in [1.807, 2.05) is 6.07 Å². The average molecular weight is 273 g/mol. The summed E-state index contributed by atoms with van der Waals surface area (Å²) < 4.78 is 0. The van der Waals surface area contributed by atoms with Gasteiger partial charge in [0, 0.05) is 12.6 Å². The molecule has 2 rings (SSSR count). The molecule has 0 saturated carbocycles. The van der Waals surface area contributed by atoms with E-state index in [4.69, 9.17) is 10.4 Å². The van der Waals surface area contributed by atoms with Crippen molar-refractivity contribution in [2.75, 3.05) is 11.9 Å². The van der Waals surface area contributed by atoms with E-state index in [1.54, 1.807) is 24.3 Å². The van der Waals surface area contributed by atoms with Crippen LogP contribution in [0.1, 0.15) is 24.8 Å². The molecular formula is C14H15N3O3. The second-order valence-corrected chi connectivity index (χ2v) is 4.67. The third kappa shape index (κ3) is 3.06. The number of urea groups is 1. The molecule has 0 aromatic heterocycles. The van der Waals surface area contributed by atoms with Crippen LogP contribution in [0.5, 0.6) is 0 Å².